The predicted octanol–water partition coefficient (Wildman–Crippen LogP) is 3.88. The van der Waals surface area contributed by atoms with E-state index in [0.29, 0.717) is 11.1 Å². The molecule has 0 spiro atoms. The third-order valence-electron chi connectivity index (χ3n) is 2.71. The van der Waals surface area contributed by atoms with Crippen LogP contribution in [0.1, 0.15) is 21.5 Å². The van der Waals surface area contributed by atoms with Crippen molar-refractivity contribution in [3.05, 3.63) is 63.6 Å². The van der Waals surface area contributed by atoms with Crippen molar-refractivity contribution < 1.29 is 4.79 Å². The van der Waals surface area contributed by atoms with Gasteiger partial charge < -0.3 is 5.32 Å². The molecule has 0 aliphatic heterocycles. The van der Waals surface area contributed by atoms with Crippen LogP contribution in [0.25, 0.3) is 0 Å². The molecule has 0 saturated carbocycles. The number of anilines is 1. The second kappa shape index (κ2) is 5.68. The van der Waals surface area contributed by atoms with Crippen molar-refractivity contribution in [1.82, 2.24) is 0 Å². The Bertz CT molecular complexity index is 657. The topological polar surface area (TPSA) is 52.9 Å². The number of carbonyl (C=O) groups is 1. The van der Waals surface area contributed by atoms with Gasteiger partial charge in [-0.2, -0.15) is 5.26 Å². The Kier molecular flexibility index (Phi) is 3.98. The Morgan fingerprint density at radius 1 is 1.21 bits per heavy atom. The first-order chi connectivity index (χ1) is 9.10. The van der Waals surface area contributed by atoms with Crippen molar-refractivity contribution in [1.29, 1.82) is 5.26 Å². The lowest BCUT2D eigenvalue weighted by Gasteiger charge is -2.07. The third kappa shape index (κ3) is 3.21. The number of nitrogens with one attached hydrogen (secondary N) is 1. The van der Waals surface area contributed by atoms with Crippen molar-refractivity contribution in [3.8, 4) is 6.07 Å². The molecule has 0 saturated heterocycles. The minimum absolute atomic E-state index is 0.194. The number of hydrogen-bond donors (Lipinski definition) is 1. The smallest absolute Gasteiger partial charge is 0.255 e. The Morgan fingerprint density at radius 3 is 2.47 bits per heavy atom. The average Bonchev–Trinajstić information content (AvgIpc) is 2.43. The summed E-state index contributed by atoms with van der Waals surface area (Å²) in [5.41, 5.74) is 2.90. The first kappa shape index (κ1) is 13.3. The molecule has 19 heavy (non-hydrogen) atoms. The van der Waals surface area contributed by atoms with Gasteiger partial charge in [-0.15, -0.1) is 0 Å². The molecule has 2 rings (SSSR count). The lowest BCUT2D eigenvalue weighted by molar-refractivity contribution is 0.102. The van der Waals surface area contributed by atoms with Crippen molar-refractivity contribution in [2.24, 2.45) is 0 Å². The summed E-state index contributed by atoms with van der Waals surface area (Å²) in [6, 6.07) is 14.2. The van der Waals surface area contributed by atoms with Gasteiger partial charge in [0.25, 0.3) is 5.91 Å². The summed E-state index contributed by atoms with van der Waals surface area (Å²) >= 11 is 3.42. The van der Waals surface area contributed by atoms with Gasteiger partial charge in [-0.1, -0.05) is 22.0 Å². The summed E-state index contributed by atoms with van der Waals surface area (Å²) in [4.78, 5) is 12.0. The molecule has 0 radical (unpaired) electrons. The molecule has 0 atom stereocenters. The van der Waals surface area contributed by atoms with E-state index in [0.717, 1.165) is 15.7 Å². The molecule has 0 aromatic heterocycles. The van der Waals surface area contributed by atoms with E-state index in [2.05, 4.69) is 21.2 Å². The van der Waals surface area contributed by atoms with Crippen molar-refractivity contribution in [2.75, 3.05) is 5.32 Å². The van der Waals surface area contributed by atoms with E-state index in [1.165, 1.54) is 0 Å². The van der Waals surface area contributed by atoms with Crippen molar-refractivity contribution in [2.45, 2.75) is 6.92 Å². The highest BCUT2D eigenvalue weighted by Crippen LogP contribution is 2.21. The van der Waals surface area contributed by atoms with Crippen LogP contribution in [0.5, 0.6) is 0 Å². The first-order valence-corrected chi connectivity index (χ1v) is 6.47. The van der Waals surface area contributed by atoms with E-state index in [1.54, 1.807) is 24.3 Å². The van der Waals surface area contributed by atoms with Crippen LogP contribution in [0.4, 0.5) is 5.69 Å². The second-order valence-electron chi connectivity index (χ2n) is 4.11. The van der Waals surface area contributed by atoms with E-state index < -0.39 is 0 Å². The summed E-state index contributed by atoms with van der Waals surface area (Å²) < 4.78 is 0.949. The normalized spacial score (nSPS) is 9.74. The molecule has 2 aromatic carbocycles. The van der Waals surface area contributed by atoms with E-state index >= 15 is 0 Å². The third-order valence-corrected chi connectivity index (χ3v) is 3.56. The van der Waals surface area contributed by atoms with Crippen LogP contribution in [-0.4, -0.2) is 5.91 Å². The van der Waals surface area contributed by atoms with Gasteiger partial charge in [-0.25, -0.2) is 0 Å². The van der Waals surface area contributed by atoms with Gasteiger partial charge in [-0.05, 0) is 48.9 Å². The van der Waals surface area contributed by atoms with E-state index in [4.69, 9.17) is 5.26 Å². The van der Waals surface area contributed by atoms with Crippen LogP contribution in [0, 0.1) is 18.3 Å². The molecule has 2 aromatic rings. The standard InChI is InChI=1S/C15H11BrN2O/c1-10-2-7-13(8-14(10)16)18-15(19)12-5-3-11(9-17)4-6-12/h2-8H,1H3,(H,18,19). The molecule has 1 amide bonds. The number of benzene rings is 2. The quantitative estimate of drug-likeness (QED) is 0.914. The van der Waals surface area contributed by atoms with E-state index in [9.17, 15) is 4.79 Å². The molecule has 0 bridgehead atoms. The minimum atomic E-state index is -0.194. The Balaban J connectivity index is 2.16. The fourth-order valence-electron chi connectivity index (χ4n) is 1.57. The zero-order valence-corrected chi connectivity index (χ0v) is 11.9. The maximum Gasteiger partial charge on any atom is 0.255 e. The molecule has 0 fully saturated rings. The molecule has 1 N–H and O–H groups in total. The van der Waals surface area contributed by atoms with Gasteiger partial charge in [0, 0.05) is 15.7 Å². The minimum Gasteiger partial charge on any atom is -0.322 e. The maximum absolute atomic E-state index is 12.0. The monoisotopic (exact) mass is 314 g/mol. The summed E-state index contributed by atoms with van der Waals surface area (Å²) in [5, 5.41) is 11.5. The van der Waals surface area contributed by atoms with E-state index in [-0.39, 0.29) is 5.91 Å². The average molecular weight is 315 g/mol. The summed E-state index contributed by atoms with van der Waals surface area (Å²) in [5.74, 6) is -0.194. The molecule has 3 nitrogen and oxygen atoms in total. The maximum atomic E-state index is 12.0. The lowest BCUT2D eigenvalue weighted by Crippen LogP contribution is -2.11. The SMILES string of the molecule is Cc1ccc(NC(=O)c2ccc(C#N)cc2)cc1Br. The first-order valence-electron chi connectivity index (χ1n) is 5.68. The molecular formula is C15H11BrN2O. The number of nitrogens with zero attached hydrogens (tertiary/aromatic N) is 1. The zero-order valence-electron chi connectivity index (χ0n) is 10.3. The van der Waals surface area contributed by atoms with Crippen LogP contribution < -0.4 is 5.32 Å². The van der Waals surface area contributed by atoms with Crippen LogP contribution in [0.15, 0.2) is 46.9 Å². The summed E-state index contributed by atoms with van der Waals surface area (Å²) in [6.07, 6.45) is 0. The van der Waals surface area contributed by atoms with Crippen LogP contribution in [0.3, 0.4) is 0 Å². The summed E-state index contributed by atoms with van der Waals surface area (Å²) in [7, 11) is 0. The van der Waals surface area contributed by atoms with Gasteiger partial charge in [0.1, 0.15) is 0 Å². The highest BCUT2D eigenvalue weighted by molar-refractivity contribution is 9.10. The van der Waals surface area contributed by atoms with E-state index in [1.807, 2.05) is 31.2 Å². The Morgan fingerprint density at radius 2 is 1.89 bits per heavy atom. The summed E-state index contributed by atoms with van der Waals surface area (Å²) in [6.45, 7) is 1.98. The van der Waals surface area contributed by atoms with Crippen LogP contribution in [-0.2, 0) is 0 Å². The van der Waals surface area contributed by atoms with Crippen LogP contribution >= 0.6 is 15.9 Å². The number of hydrogen-bond acceptors (Lipinski definition) is 2. The zero-order chi connectivity index (χ0) is 13.8. The van der Waals surface area contributed by atoms with Gasteiger partial charge in [0.15, 0.2) is 0 Å². The second-order valence-corrected chi connectivity index (χ2v) is 4.96. The number of amides is 1. The molecular weight excluding hydrogens is 304 g/mol. The Labute approximate surface area is 120 Å². The van der Waals surface area contributed by atoms with Crippen molar-refractivity contribution >= 4 is 27.5 Å². The molecule has 4 heteroatoms. The molecule has 0 unspecified atom stereocenters. The highest BCUT2D eigenvalue weighted by atomic mass is 79.9. The van der Waals surface area contributed by atoms with Gasteiger partial charge >= 0.3 is 0 Å². The highest BCUT2D eigenvalue weighted by Gasteiger charge is 2.06. The number of nitriles is 1. The number of rotatable bonds is 2. The number of halogens is 1. The fraction of sp³-hybridized carbons (Fsp3) is 0.0667. The lowest BCUT2D eigenvalue weighted by atomic mass is 10.1. The van der Waals surface area contributed by atoms with Gasteiger partial charge in [-0.3, -0.25) is 4.79 Å². The molecule has 0 aliphatic rings. The fourth-order valence-corrected chi connectivity index (χ4v) is 1.95. The molecule has 0 heterocycles. The Hall–Kier alpha value is -2.12. The van der Waals surface area contributed by atoms with Gasteiger partial charge in [0.2, 0.25) is 0 Å². The van der Waals surface area contributed by atoms with Crippen LogP contribution in [0.2, 0.25) is 0 Å². The van der Waals surface area contributed by atoms with Gasteiger partial charge in [0.05, 0.1) is 11.6 Å². The molecule has 0 aliphatic carbocycles. The van der Waals surface area contributed by atoms with Crippen molar-refractivity contribution in [3.63, 3.8) is 0 Å². The number of carbonyl (C=O) groups excluding carboxylic acids is 1. The predicted molar refractivity (Wildman–Crippen MR) is 78.0 cm³/mol. The molecule has 94 valence electrons. The number of aryl methyl sites for hydroxylation is 1. The largest absolute Gasteiger partial charge is 0.322 e.